The van der Waals surface area contributed by atoms with Gasteiger partial charge in [0.1, 0.15) is 5.82 Å². The molecule has 0 saturated carbocycles. The number of hydrazine groups is 1. The van der Waals surface area contributed by atoms with Gasteiger partial charge in [-0.15, -0.1) is 0 Å². The number of halogens is 1. The lowest BCUT2D eigenvalue weighted by Gasteiger charge is -2.26. The molecule has 0 aliphatic carbocycles. The number of nitrogens with one attached hydrogen (secondary N) is 2. The van der Waals surface area contributed by atoms with Crippen LogP contribution in [0, 0.1) is 5.82 Å². The minimum atomic E-state index is -0.548. The molecule has 0 aromatic heterocycles. The van der Waals surface area contributed by atoms with Gasteiger partial charge in [-0.1, -0.05) is 6.07 Å². The fourth-order valence-corrected chi connectivity index (χ4v) is 2.11. The molecule has 0 unspecified atom stereocenters. The average Bonchev–Trinajstić information content (AvgIpc) is 2.48. The van der Waals surface area contributed by atoms with Crippen molar-refractivity contribution in [1.29, 1.82) is 0 Å². The molecule has 0 atom stereocenters. The van der Waals surface area contributed by atoms with Gasteiger partial charge in [-0.05, 0) is 12.1 Å². The van der Waals surface area contributed by atoms with E-state index in [1.807, 2.05) is 0 Å². The van der Waals surface area contributed by atoms with Crippen LogP contribution in [0.5, 0.6) is 0 Å². The van der Waals surface area contributed by atoms with E-state index in [1.165, 1.54) is 18.2 Å². The number of amides is 1. The number of hydrogen-bond acceptors (Lipinski definition) is 5. The molecule has 1 aromatic rings. The minimum absolute atomic E-state index is 0.0105. The maximum atomic E-state index is 13.5. The summed E-state index contributed by atoms with van der Waals surface area (Å²) in [4.78, 5) is 14.2. The van der Waals surface area contributed by atoms with Crippen LogP contribution in [-0.2, 0) is 4.74 Å². The number of nitrogens with two attached hydrogens (primary N) is 1. The number of anilines is 1. The average molecular weight is 282 g/mol. The standard InChI is InChI=1S/C13H19FN4O2/c14-11-3-1-2-10(12(11)17-15)13(19)16-4-5-18-6-8-20-9-7-18/h1-3,17H,4-9,15H2,(H,16,19). The van der Waals surface area contributed by atoms with E-state index < -0.39 is 5.82 Å². The second-order valence-electron chi connectivity index (χ2n) is 4.52. The number of nitrogen functional groups attached to an aromatic ring is 1. The van der Waals surface area contributed by atoms with Crippen LogP contribution in [-0.4, -0.2) is 50.2 Å². The molecule has 110 valence electrons. The quantitative estimate of drug-likeness (QED) is 0.530. The zero-order chi connectivity index (χ0) is 14.4. The summed E-state index contributed by atoms with van der Waals surface area (Å²) in [5.41, 5.74) is 2.44. The van der Waals surface area contributed by atoms with Crippen molar-refractivity contribution < 1.29 is 13.9 Å². The van der Waals surface area contributed by atoms with Gasteiger partial charge in [0.15, 0.2) is 0 Å². The molecule has 1 saturated heterocycles. The van der Waals surface area contributed by atoms with Gasteiger partial charge in [0, 0.05) is 26.2 Å². The highest BCUT2D eigenvalue weighted by Crippen LogP contribution is 2.18. The smallest absolute Gasteiger partial charge is 0.253 e. The number of benzene rings is 1. The first kappa shape index (κ1) is 14.7. The van der Waals surface area contributed by atoms with Crippen molar-refractivity contribution in [3.63, 3.8) is 0 Å². The molecule has 0 spiro atoms. The summed E-state index contributed by atoms with van der Waals surface area (Å²) in [6.45, 7) is 4.42. The number of ether oxygens (including phenoxy) is 1. The van der Waals surface area contributed by atoms with E-state index in [1.54, 1.807) is 0 Å². The molecule has 6 nitrogen and oxygen atoms in total. The lowest BCUT2D eigenvalue weighted by molar-refractivity contribution is 0.0383. The summed E-state index contributed by atoms with van der Waals surface area (Å²) < 4.78 is 18.7. The third kappa shape index (κ3) is 3.66. The Morgan fingerprint density at radius 2 is 2.15 bits per heavy atom. The Balaban J connectivity index is 1.87. The Bertz CT molecular complexity index is 464. The molecule has 0 radical (unpaired) electrons. The van der Waals surface area contributed by atoms with Crippen LogP contribution in [0.2, 0.25) is 0 Å². The van der Waals surface area contributed by atoms with E-state index in [0.717, 1.165) is 32.8 Å². The molecule has 1 heterocycles. The zero-order valence-electron chi connectivity index (χ0n) is 11.2. The molecule has 1 aliphatic rings. The largest absolute Gasteiger partial charge is 0.379 e. The summed E-state index contributed by atoms with van der Waals surface area (Å²) in [5, 5.41) is 2.76. The molecule has 4 N–H and O–H groups in total. The summed E-state index contributed by atoms with van der Waals surface area (Å²) in [6.07, 6.45) is 0. The van der Waals surface area contributed by atoms with Crippen molar-refractivity contribution in [1.82, 2.24) is 10.2 Å². The zero-order valence-corrected chi connectivity index (χ0v) is 11.2. The first-order valence-corrected chi connectivity index (χ1v) is 6.56. The maximum absolute atomic E-state index is 13.5. The molecule has 7 heteroatoms. The minimum Gasteiger partial charge on any atom is -0.379 e. The summed E-state index contributed by atoms with van der Waals surface area (Å²) in [5.74, 6) is 4.35. The van der Waals surface area contributed by atoms with E-state index in [-0.39, 0.29) is 17.2 Å². The highest BCUT2D eigenvalue weighted by atomic mass is 19.1. The number of carbonyl (C=O) groups is 1. The Kier molecular flexibility index (Phi) is 5.28. The van der Waals surface area contributed by atoms with Crippen molar-refractivity contribution in [2.45, 2.75) is 0 Å². The summed E-state index contributed by atoms with van der Waals surface area (Å²) >= 11 is 0. The third-order valence-corrected chi connectivity index (χ3v) is 3.22. The van der Waals surface area contributed by atoms with Gasteiger partial charge in [-0.3, -0.25) is 15.5 Å². The Morgan fingerprint density at radius 3 is 2.85 bits per heavy atom. The predicted molar refractivity (Wildman–Crippen MR) is 73.8 cm³/mol. The number of morpholine rings is 1. The second-order valence-corrected chi connectivity index (χ2v) is 4.52. The van der Waals surface area contributed by atoms with Gasteiger partial charge in [-0.25, -0.2) is 4.39 Å². The molecule has 2 rings (SSSR count). The maximum Gasteiger partial charge on any atom is 0.253 e. The van der Waals surface area contributed by atoms with Crippen molar-refractivity contribution in [2.75, 3.05) is 44.8 Å². The van der Waals surface area contributed by atoms with Crippen LogP contribution in [0.4, 0.5) is 10.1 Å². The number of para-hydroxylation sites is 1. The first-order chi connectivity index (χ1) is 9.72. The highest BCUT2D eigenvalue weighted by Gasteiger charge is 2.15. The van der Waals surface area contributed by atoms with E-state index >= 15 is 0 Å². The van der Waals surface area contributed by atoms with E-state index in [0.29, 0.717) is 6.54 Å². The van der Waals surface area contributed by atoms with Gasteiger partial charge in [0.05, 0.1) is 24.5 Å². The Hall–Kier alpha value is -1.70. The number of nitrogens with zero attached hydrogens (tertiary/aromatic N) is 1. The first-order valence-electron chi connectivity index (χ1n) is 6.56. The molecule has 1 amide bonds. The van der Waals surface area contributed by atoms with Crippen LogP contribution in [0.1, 0.15) is 10.4 Å². The molecule has 1 aromatic carbocycles. The van der Waals surface area contributed by atoms with E-state index in [4.69, 9.17) is 10.6 Å². The van der Waals surface area contributed by atoms with Crippen molar-refractivity contribution in [3.05, 3.63) is 29.6 Å². The Morgan fingerprint density at radius 1 is 1.40 bits per heavy atom. The normalized spacial score (nSPS) is 15.9. The summed E-state index contributed by atoms with van der Waals surface area (Å²) in [7, 11) is 0. The number of hydrogen-bond donors (Lipinski definition) is 3. The van der Waals surface area contributed by atoms with E-state index in [2.05, 4.69) is 15.6 Å². The third-order valence-electron chi connectivity index (χ3n) is 3.22. The fourth-order valence-electron chi connectivity index (χ4n) is 2.11. The molecular weight excluding hydrogens is 263 g/mol. The lowest BCUT2D eigenvalue weighted by atomic mass is 10.1. The SMILES string of the molecule is NNc1c(F)cccc1C(=O)NCCN1CCOCC1. The van der Waals surface area contributed by atoms with E-state index in [9.17, 15) is 9.18 Å². The van der Waals surface area contributed by atoms with Gasteiger partial charge < -0.3 is 15.5 Å². The Labute approximate surface area is 117 Å². The highest BCUT2D eigenvalue weighted by molar-refractivity contribution is 5.99. The van der Waals surface area contributed by atoms with Gasteiger partial charge in [0.25, 0.3) is 5.91 Å². The number of rotatable bonds is 5. The molecule has 0 bridgehead atoms. The summed E-state index contributed by atoms with van der Waals surface area (Å²) in [6, 6.07) is 4.26. The predicted octanol–water partition coefficient (Wildman–Crippen LogP) is 0.173. The molecule has 1 aliphatic heterocycles. The van der Waals surface area contributed by atoms with Crippen LogP contribution in [0.15, 0.2) is 18.2 Å². The molecule has 20 heavy (non-hydrogen) atoms. The second kappa shape index (κ2) is 7.18. The van der Waals surface area contributed by atoms with Crippen molar-refractivity contribution in [2.24, 2.45) is 5.84 Å². The number of carbonyl (C=O) groups excluding carboxylic acids is 1. The van der Waals surface area contributed by atoms with Crippen molar-refractivity contribution >= 4 is 11.6 Å². The molecule has 1 fully saturated rings. The fraction of sp³-hybridized carbons (Fsp3) is 0.462. The van der Waals surface area contributed by atoms with Crippen LogP contribution >= 0.6 is 0 Å². The van der Waals surface area contributed by atoms with Crippen LogP contribution in [0.3, 0.4) is 0 Å². The van der Waals surface area contributed by atoms with Crippen LogP contribution < -0.4 is 16.6 Å². The topological polar surface area (TPSA) is 79.6 Å². The van der Waals surface area contributed by atoms with Gasteiger partial charge in [-0.2, -0.15) is 0 Å². The monoisotopic (exact) mass is 282 g/mol. The van der Waals surface area contributed by atoms with Gasteiger partial charge >= 0.3 is 0 Å². The lowest BCUT2D eigenvalue weighted by Crippen LogP contribution is -2.41. The molecular formula is C13H19FN4O2. The van der Waals surface area contributed by atoms with Gasteiger partial charge in [0.2, 0.25) is 0 Å². The van der Waals surface area contributed by atoms with Crippen molar-refractivity contribution in [3.8, 4) is 0 Å². The van der Waals surface area contributed by atoms with Crippen LogP contribution in [0.25, 0.3) is 0 Å².